The van der Waals surface area contributed by atoms with E-state index in [2.05, 4.69) is 15.6 Å². The number of hydrogen-bond donors (Lipinski definition) is 3. The highest BCUT2D eigenvalue weighted by molar-refractivity contribution is 6.07. The van der Waals surface area contributed by atoms with E-state index < -0.39 is 6.04 Å². The zero-order chi connectivity index (χ0) is 14.5. The molecule has 0 aliphatic carbocycles. The second-order valence-electron chi connectivity index (χ2n) is 4.73. The largest absolute Gasteiger partial charge is 0.361 e. The monoisotopic (exact) mass is 273 g/mol. The molecule has 2 amide bonds. The quantitative estimate of drug-likeness (QED) is 0.777. The molecule has 2 aromatic rings. The molecule has 0 spiro atoms. The summed E-state index contributed by atoms with van der Waals surface area (Å²) in [5, 5.41) is 6.34. The van der Waals surface area contributed by atoms with Crippen molar-refractivity contribution in [2.24, 2.45) is 0 Å². The maximum atomic E-state index is 12.2. The van der Waals surface area contributed by atoms with Crippen molar-refractivity contribution in [3.63, 3.8) is 0 Å². The molecule has 0 bridgehead atoms. The van der Waals surface area contributed by atoms with E-state index in [0.29, 0.717) is 12.1 Å². The fourth-order valence-electron chi connectivity index (χ4n) is 2.02. The topological polar surface area (TPSA) is 74.0 Å². The molecule has 5 heteroatoms. The number of nitrogens with one attached hydrogen (secondary N) is 3. The van der Waals surface area contributed by atoms with Gasteiger partial charge < -0.3 is 15.6 Å². The number of carbonyl (C=O) groups is 2. The lowest BCUT2D eigenvalue weighted by atomic mass is 10.1. The van der Waals surface area contributed by atoms with Gasteiger partial charge in [-0.2, -0.15) is 0 Å². The van der Waals surface area contributed by atoms with Crippen molar-refractivity contribution in [2.45, 2.75) is 26.3 Å². The molecule has 106 valence electrons. The van der Waals surface area contributed by atoms with Crippen LogP contribution in [0.25, 0.3) is 10.9 Å². The first-order valence-corrected chi connectivity index (χ1v) is 6.78. The summed E-state index contributed by atoms with van der Waals surface area (Å²) in [6, 6.07) is 6.77. The number of aromatic nitrogens is 1. The minimum atomic E-state index is -0.553. The van der Waals surface area contributed by atoms with Gasteiger partial charge in [0.2, 0.25) is 5.91 Å². The fraction of sp³-hybridized carbons (Fsp3) is 0.333. The SMILES string of the molecule is CCCNC(=O)C(C)NC(=O)c1cccc2[nH]ccc12. The number of amides is 2. The highest BCUT2D eigenvalue weighted by atomic mass is 16.2. The van der Waals surface area contributed by atoms with E-state index >= 15 is 0 Å². The van der Waals surface area contributed by atoms with Crippen LogP contribution in [0.5, 0.6) is 0 Å². The van der Waals surface area contributed by atoms with Crippen molar-refractivity contribution in [1.29, 1.82) is 0 Å². The third-order valence-electron chi connectivity index (χ3n) is 3.13. The summed E-state index contributed by atoms with van der Waals surface area (Å²) in [6.45, 7) is 4.28. The molecule has 0 aliphatic rings. The Morgan fingerprint density at radius 3 is 2.85 bits per heavy atom. The molecule has 1 aromatic heterocycles. The minimum Gasteiger partial charge on any atom is -0.361 e. The second kappa shape index (κ2) is 6.23. The Balaban J connectivity index is 2.08. The Morgan fingerprint density at radius 1 is 1.30 bits per heavy atom. The molecule has 2 rings (SSSR count). The molecule has 1 atom stereocenters. The molecule has 20 heavy (non-hydrogen) atoms. The van der Waals surface area contributed by atoms with Gasteiger partial charge in [-0.25, -0.2) is 0 Å². The Hall–Kier alpha value is -2.30. The number of benzene rings is 1. The average molecular weight is 273 g/mol. The van der Waals surface area contributed by atoms with Crippen LogP contribution >= 0.6 is 0 Å². The molecule has 3 N–H and O–H groups in total. The second-order valence-corrected chi connectivity index (χ2v) is 4.73. The number of rotatable bonds is 5. The molecule has 0 aliphatic heterocycles. The number of H-pyrrole nitrogens is 1. The van der Waals surface area contributed by atoms with Crippen LogP contribution in [0, 0.1) is 0 Å². The lowest BCUT2D eigenvalue weighted by molar-refractivity contribution is -0.122. The zero-order valence-electron chi connectivity index (χ0n) is 11.7. The predicted molar refractivity (Wildman–Crippen MR) is 78.5 cm³/mol. The maximum Gasteiger partial charge on any atom is 0.252 e. The van der Waals surface area contributed by atoms with E-state index in [1.54, 1.807) is 19.2 Å². The third kappa shape index (κ3) is 2.99. The van der Waals surface area contributed by atoms with Crippen LogP contribution in [0.2, 0.25) is 0 Å². The van der Waals surface area contributed by atoms with Crippen LogP contribution in [0.4, 0.5) is 0 Å². The van der Waals surface area contributed by atoms with Gasteiger partial charge in [-0.05, 0) is 31.5 Å². The van der Waals surface area contributed by atoms with Gasteiger partial charge in [-0.15, -0.1) is 0 Å². The van der Waals surface area contributed by atoms with E-state index in [1.807, 2.05) is 25.1 Å². The molecule has 1 aromatic carbocycles. The van der Waals surface area contributed by atoms with Gasteiger partial charge >= 0.3 is 0 Å². The molecule has 0 radical (unpaired) electrons. The highest BCUT2D eigenvalue weighted by Crippen LogP contribution is 2.17. The smallest absolute Gasteiger partial charge is 0.252 e. The number of carbonyl (C=O) groups excluding carboxylic acids is 2. The maximum absolute atomic E-state index is 12.2. The van der Waals surface area contributed by atoms with Gasteiger partial charge in [0, 0.05) is 29.2 Å². The molecule has 0 saturated carbocycles. The Kier molecular flexibility index (Phi) is 4.40. The summed E-state index contributed by atoms with van der Waals surface area (Å²) >= 11 is 0. The first-order valence-electron chi connectivity index (χ1n) is 6.78. The zero-order valence-corrected chi connectivity index (χ0v) is 11.7. The number of hydrogen-bond acceptors (Lipinski definition) is 2. The standard InChI is InChI=1S/C15H19N3O2/c1-3-8-17-14(19)10(2)18-15(20)12-5-4-6-13-11(12)7-9-16-13/h4-7,9-10,16H,3,8H2,1-2H3,(H,17,19)(H,18,20). The van der Waals surface area contributed by atoms with Crippen LogP contribution in [0.1, 0.15) is 30.6 Å². The van der Waals surface area contributed by atoms with Crippen molar-refractivity contribution >= 4 is 22.7 Å². The van der Waals surface area contributed by atoms with Crippen LogP contribution in [0.3, 0.4) is 0 Å². The summed E-state index contributed by atoms with van der Waals surface area (Å²) in [6.07, 6.45) is 2.66. The molecule has 0 fully saturated rings. The first-order chi connectivity index (χ1) is 9.63. The van der Waals surface area contributed by atoms with Crippen LogP contribution in [-0.2, 0) is 4.79 Å². The van der Waals surface area contributed by atoms with Crippen molar-refractivity contribution < 1.29 is 9.59 Å². The molecule has 1 unspecified atom stereocenters. The number of aromatic amines is 1. The van der Waals surface area contributed by atoms with Gasteiger partial charge in [0.15, 0.2) is 0 Å². The fourth-order valence-corrected chi connectivity index (χ4v) is 2.02. The predicted octanol–water partition coefficient (Wildman–Crippen LogP) is 1.81. The minimum absolute atomic E-state index is 0.165. The van der Waals surface area contributed by atoms with Gasteiger partial charge in [-0.3, -0.25) is 9.59 Å². The van der Waals surface area contributed by atoms with E-state index in [9.17, 15) is 9.59 Å². The Labute approximate surface area is 117 Å². The Bertz CT molecular complexity index is 618. The Morgan fingerprint density at radius 2 is 2.10 bits per heavy atom. The van der Waals surface area contributed by atoms with Crippen molar-refractivity contribution in [3.05, 3.63) is 36.0 Å². The molecular weight excluding hydrogens is 254 g/mol. The molecule has 1 heterocycles. The normalized spacial score (nSPS) is 12.1. The summed E-state index contributed by atoms with van der Waals surface area (Å²) in [5.41, 5.74) is 1.47. The molecular formula is C15H19N3O2. The first kappa shape index (κ1) is 14.1. The summed E-state index contributed by atoms with van der Waals surface area (Å²) in [4.78, 5) is 27.1. The van der Waals surface area contributed by atoms with E-state index in [-0.39, 0.29) is 11.8 Å². The summed E-state index contributed by atoms with van der Waals surface area (Å²) in [7, 11) is 0. The highest BCUT2D eigenvalue weighted by Gasteiger charge is 2.17. The lowest BCUT2D eigenvalue weighted by Gasteiger charge is -2.14. The van der Waals surface area contributed by atoms with E-state index in [1.165, 1.54) is 0 Å². The van der Waals surface area contributed by atoms with Gasteiger partial charge in [-0.1, -0.05) is 13.0 Å². The van der Waals surface area contributed by atoms with E-state index in [4.69, 9.17) is 0 Å². The van der Waals surface area contributed by atoms with Crippen LogP contribution in [0.15, 0.2) is 30.5 Å². The van der Waals surface area contributed by atoms with E-state index in [0.717, 1.165) is 17.3 Å². The average Bonchev–Trinajstić information content (AvgIpc) is 2.92. The van der Waals surface area contributed by atoms with Crippen molar-refractivity contribution in [1.82, 2.24) is 15.6 Å². The van der Waals surface area contributed by atoms with Gasteiger partial charge in [0.05, 0.1) is 0 Å². The van der Waals surface area contributed by atoms with Gasteiger partial charge in [0.25, 0.3) is 5.91 Å². The molecule has 0 saturated heterocycles. The van der Waals surface area contributed by atoms with Crippen LogP contribution < -0.4 is 10.6 Å². The molecule has 5 nitrogen and oxygen atoms in total. The number of fused-ring (bicyclic) bond motifs is 1. The summed E-state index contributed by atoms with van der Waals surface area (Å²) < 4.78 is 0. The van der Waals surface area contributed by atoms with Crippen molar-refractivity contribution in [2.75, 3.05) is 6.54 Å². The van der Waals surface area contributed by atoms with Crippen molar-refractivity contribution in [3.8, 4) is 0 Å². The third-order valence-corrected chi connectivity index (χ3v) is 3.13. The van der Waals surface area contributed by atoms with Gasteiger partial charge in [0.1, 0.15) is 6.04 Å². The van der Waals surface area contributed by atoms with Crippen LogP contribution in [-0.4, -0.2) is 29.4 Å². The summed E-state index contributed by atoms with van der Waals surface area (Å²) in [5.74, 6) is -0.407. The lowest BCUT2D eigenvalue weighted by Crippen LogP contribution is -2.45.